The minimum Gasteiger partial charge on any atom is -0.336 e. The van der Waals surface area contributed by atoms with E-state index < -0.39 is 0 Å². The van der Waals surface area contributed by atoms with Crippen LogP contribution in [0.25, 0.3) is 11.1 Å². The zero-order valence-corrected chi connectivity index (χ0v) is 13.2. The molecule has 0 bridgehead atoms. The molecule has 7 heteroatoms. The van der Waals surface area contributed by atoms with E-state index in [1.807, 2.05) is 24.8 Å². The second-order valence-corrected chi connectivity index (χ2v) is 5.31. The van der Waals surface area contributed by atoms with Crippen LogP contribution < -0.4 is 5.32 Å². The van der Waals surface area contributed by atoms with Crippen LogP contribution in [0.4, 0.5) is 0 Å². The number of hydrogen-bond donors (Lipinski definition) is 1. The smallest absolute Gasteiger partial charge is 0.258 e. The fourth-order valence-corrected chi connectivity index (χ4v) is 2.68. The Morgan fingerprint density at radius 1 is 1.48 bits per heavy atom. The summed E-state index contributed by atoms with van der Waals surface area (Å²) in [6.07, 6.45) is 0. The van der Waals surface area contributed by atoms with Gasteiger partial charge in [0.05, 0.1) is 16.6 Å². The lowest BCUT2D eigenvalue weighted by atomic mass is 10.1. The van der Waals surface area contributed by atoms with Crippen LogP contribution in [0.1, 0.15) is 28.7 Å². The molecule has 0 saturated carbocycles. The van der Waals surface area contributed by atoms with Gasteiger partial charge in [-0.05, 0) is 26.8 Å². The van der Waals surface area contributed by atoms with Gasteiger partial charge >= 0.3 is 0 Å². The maximum absolute atomic E-state index is 12.8. The molecule has 0 radical (unpaired) electrons. The summed E-state index contributed by atoms with van der Waals surface area (Å²) in [5.74, 6) is 0.0285. The summed E-state index contributed by atoms with van der Waals surface area (Å²) in [5, 5.41) is 7.94. The van der Waals surface area contributed by atoms with Crippen molar-refractivity contribution in [1.29, 1.82) is 0 Å². The molecule has 0 spiro atoms. The molecule has 0 aliphatic carbocycles. The molecule has 3 heterocycles. The number of carbonyl (C=O) groups is 1. The molecular weight excluding hydrogens is 292 g/mol. The number of halogens is 1. The van der Waals surface area contributed by atoms with Crippen molar-refractivity contribution in [2.75, 3.05) is 19.6 Å². The van der Waals surface area contributed by atoms with Gasteiger partial charge in [-0.2, -0.15) is 0 Å². The van der Waals surface area contributed by atoms with E-state index in [1.165, 1.54) is 0 Å². The molecule has 1 saturated heterocycles. The molecule has 3 rings (SSSR count). The van der Waals surface area contributed by atoms with Crippen LogP contribution in [0.5, 0.6) is 0 Å². The van der Waals surface area contributed by atoms with Gasteiger partial charge in [0.25, 0.3) is 11.6 Å². The van der Waals surface area contributed by atoms with Gasteiger partial charge in [0.15, 0.2) is 0 Å². The van der Waals surface area contributed by atoms with Crippen molar-refractivity contribution in [3.63, 3.8) is 0 Å². The predicted octanol–water partition coefficient (Wildman–Crippen LogP) is 1.70. The third-order valence-corrected chi connectivity index (χ3v) is 3.74. The Morgan fingerprint density at radius 2 is 2.24 bits per heavy atom. The van der Waals surface area contributed by atoms with Gasteiger partial charge in [-0.3, -0.25) is 4.79 Å². The van der Waals surface area contributed by atoms with Crippen molar-refractivity contribution in [2.24, 2.45) is 0 Å². The summed E-state index contributed by atoms with van der Waals surface area (Å²) in [6.45, 7) is 8.10. The number of rotatable bonds is 1. The monoisotopic (exact) mass is 310 g/mol. The first kappa shape index (κ1) is 15.7. The number of aryl methyl sites for hydroxylation is 2. The van der Waals surface area contributed by atoms with Crippen molar-refractivity contribution >= 4 is 29.4 Å². The van der Waals surface area contributed by atoms with Crippen LogP contribution in [0.3, 0.4) is 0 Å². The number of nitrogens with one attached hydrogen (secondary N) is 1. The summed E-state index contributed by atoms with van der Waals surface area (Å²) in [4.78, 5) is 19.0. The van der Waals surface area contributed by atoms with Gasteiger partial charge < -0.3 is 14.7 Å². The van der Waals surface area contributed by atoms with Crippen LogP contribution in [0, 0.1) is 13.8 Å². The second-order valence-electron chi connectivity index (χ2n) is 5.31. The third-order valence-electron chi connectivity index (χ3n) is 3.74. The van der Waals surface area contributed by atoms with Crippen LogP contribution in [-0.2, 0) is 0 Å². The fraction of sp³-hybridized carbons (Fsp3) is 0.500. The quantitative estimate of drug-likeness (QED) is 0.868. The molecule has 1 unspecified atom stereocenters. The van der Waals surface area contributed by atoms with E-state index in [0.717, 1.165) is 24.2 Å². The van der Waals surface area contributed by atoms with Crippen molar-refractivity contribution < 1.29 is 9.32 Å². The van der Waals surface area contributed by atoms with E-state index in [0.29, 0.717) is 23.5 Å². The van der Waals surface area contributed by atoms with Gasteiger partial charge in [0.1, 0.15) is 0 Å². The minimum absolute atomic E-state index is 0. The summed E-state index contributed by atoms with van der Waals surface area (Å²) in [6, 6.07) is 2.00. The molecule has 1 fully saturated rings. The lowest BCUT2D eigenvalue weighted by Gasteiger charge is -2.34. The van der Waals surface area contributed by atoms with E-state index in [2.05, 4.69) is 22.4 Å². The number of carbonyl (C=O) groups excluding carboxylic acids is 1. The number of aromatic nitrogens is 2. The average Bonchev–Trinajstić information content (AvgIpc) is 2.79. The topological polar surface area (TPSA) is 71.3 Å². The molecule has 1 amide bonds. The lowest BCUT2D eigenvalue weighted by Crippen LogP contribution is -2.52. The van der Waals surface area contributed by atoms with Crippen LogP contribution in [0.2, 0.25) is 0 Å². The summed E-state index contributed by atoms with van der Waals surface area (Å²) in [5.41, 5.74) is 2.55. The third kappa shape index (κ3) is 2.73. The minimum atomic E-state index is 0. The Balaban J connectivity index is 0.00000161. The lowest BCUT2D eigenvalue weighted by molar-refractivity contribution is 0.0657. The maximum atomic E-state index is 12.8. The molecular formula is C14H19ClN4O2. The molecule has 2 aromatic rings. The van der Waals surface area contributed by atoms with Gasteiger partial charge in [-0.1, -0.05) is 5.16 Å². The second kappa shape index (κ2) is 5.99. The number of piperazine rings is 1. The van der Waals surface area contributed by atoms with E-state index >= 15 is 0 Å². The Morgan fingerprint density at radius 3 is 2.95 bits per heavy atom. The number of pyridine rings is 1. The highest BCUT2D eigenvalue weighted by molar-refractivity contribution is 6.06. The van der Waals surface area contributed by atoms with Crippen molar-refractivity contribution in [3.05, 3.63) is 23.0 Å². The fourth-order valence-electron chi connectivity index (χ4n) is 2.68. The number of nitrogens with zero attached hydrogens (tertiary/aromatic N) is 3. The highest BCUT2D eigenvalue weighted by Crippen LogP contribution is 2.24. The van der Waals surface area contributed by atoms with E-state index in [4.69, 9.17) is 4.52 Å². The van der Waals surface area contributed by atoms with Gasteiger partial charge in [-0.15, -0.1) is 12.4 Å². The van der Waals surface area contributed by atoms with Gasteiger partial charge in [0.2, 0.25) is 0 Å². The number of fused-ring (bicyclic) bond motifs is 1. The number of hydrogen-bond acceptors (Lipinski definition) is 5. The zero-order chi connectivity index (χ0) is 14.3. The zero-order valence-electron chi connectivity index (χ0n) is 12.3. The average molecular weight is 311 g/mol. The molecule has 114 valence electrons. The maximum Gasteiger partial charge on any atom is 0.258 e. The first-order chi connectivity index (χ1) is 9.58. The van der Waals surface area contributed by atoms with Crippen molar-refractivity contribution in [3.8, 4) is 0 Å². The first-order valence-corrected chi connectivity index (χ1v) is 6.83. The highest BCUT2D eigenvalue weighted by atomic mass is 35.5. The van der Waals surface area contributed by atoms with Gasteiger partial charge in [-0.25, -0.2) is 4.98 Å². The standard InChI is InChI=1S/C14H18N4O2.ClH/c1-8-6-11(12-10(3)17-20-13(12)16-8)14(19)18-5-4-15-7-9(18)2;/h6,9,15H,4-5,7H2,1-3H3;1H. The molecule has 21 heavy (non-hydrogen) atoms. The Labute approximate surface area is 129 Å². The molecule has 1 aliphatic rings. The molecule has 2 aromatic heterocycles. The SMILES string of the molecule is Cc1cc(C(=O)N2CCNCC2C)c2c(C)noc2n1.Cl. The highest BCUT2D eigenvalue weighted by Gasteiger charge is 2.27. The first-order valence-electron chi connectivity index (χ1n) is 6.83. The van der Waals surface area contributed by atoms with Gasteiger partial charge in [0, 0.05) is 31.4 Å². The molecule has 6 nitrogen and oxygen atoms in total. The molecule has 0 aromatic carbocycles. The van der Waals surface area contributed by atoms with Crippen LogP contribution >= 0.6 is 12.4 Å². The Hall–Kier alpha value is -1.66. The Kier molecular flexibility index (Phi) is 4.49. The largest absolute Gasteiger partial charge is 0.336 e. The summed E-state index contributed by atoms with van der Waals surface area (Å²) in [7, 11) is 0. The van der Waals surface area contributed by atoms with Crippen molar-refractivity contribution in [1.82, 2.24) is 20.4 Å². The molecule has 1 aliphatic heterocycles. The number of amides is 1. The van der Waals surface area contributed by atoms with E-state index in [-0.39, 0.29) is 24.4 Å². The van der Waals surface area contributed by atoms with Crippen LogP contribution in [-0.4, -0.2) is 46.6 Å². The van der Waals surface area contributed by atoms with Crippen LogP contribution in [0.15, 0.2) is 10.6 Å². The summed E-state index contributed by atoms with van der Waals surface area (Å²) >= 11 is 0. The summed E-state index contributed by atoms with van der Waals surface area (Å²) < 4.78 is 5.19. The normalized spacial score (nSPS) is 18.6. The van der Waals surface area contributed by atoms with Crippen molar-refractivity contribution in [2.45, 2.75) is 26.8 Å². The Bertz CT molecular complexity index is 670. The molecule has 1 atom stereocenters. The van der Waals surface area contributed by atoms with E-state index in [1.54, 1.807) is 0 Å². The van der Waals surface area contributed by atoms with E-state index in [9.17, 15) is 4.79 Å². The predicted molar refractivity (Wildman–Crippen MR) is 81.9 cm³/mol. The molecule has 1 N–H and O–H groups in total.